The van der Waals surface area contributed by atoms with Gasteiger partial charge in [0.15, 0.2) is 5.65 Å². The van der Waals surface area contributed by atoms with Gasteiger partial charge in [0.2, 0.25) is 0 Å². The molecule has 6 rings (SSSR count). The van der Waals surface area contributed by atoms with E-state index in [2.05, 4.69) is 24.5 Å². The molecule has 1 aliphatic heterocycles. The van der Waals surface area contributed by atoms with Gasteiger partial charge in [0.25, 0.3) is 5.56 Å². The molecule has 0 saturated carbocycles. The molecule has 6 heterocycles. The summed E-state index contributed by atoms with van der Waals surface area (Å²) < 4.78 is 7.55. The predicted molar refractivity (Wildman–Crippen MR) is 118 cm³/mol. The number of nitrogens with one attached hydrogen (secondary N) is 1. The first-order valence-electron chi connectivity index (χ1n) is 10.3. The highest BCUT2D eigenvalue weighted by atomic mass is 32.1. The van der Waals surface area contributed by atoms with Crippen LogP contribution in [-0.4, -0.2) is 42.6 Å². The zero-order valence-corrected chi connectivity index (χ0v) is 17.5. The van der Waals surface area contributed by atoms with Crippen LogP contribution in [0.4, 0.5) is 0 Å². The SMILES string of the molecule is O=c1[nH]c(CN2CCCC(c3nnc4ccccn34)C2)nc2scc(-c3ccco3)c12. The quantitative estimate of drug-likeness (QED) is 0.466. The first-order valence-corrected chi connectivity index (χ1v) is 11.2. The number of thiophene rings is 1. The zero-order valence-electron chi connectivity index (χ0n) is 16.7. The molecule has 5 aromatic heterocycles. The Morgan fingerprint density at radius 3 is 3.10 bits per heavy atom. The lowest BCUT2D eigenvalue weighted by Gasteiger charge is -2.31. The largest absolute Gasteiger partial charge is 0.464 e. The van der Waals surface area contributed by atoms with Crippen LogP contribution in [-0.2, 0) is 6.54 Å². The molecule has 1 saturated heterocycles. The van der Waals surface area contributed by atoms with E-state index in [1.54, 1.807) is 6.26 Å². The van der Waals surface area contributed by atoms with Crippen molar-refractivity contribution < 1.29 is 4.42 Å². The van der Waals surface area contributed by atoms with Crippen molar-refractivity contribution in [2.75, 3.05) is 13.1 Å². The molecule has 0 spiro atoms. The van der Waals surface area contributed by atoms with Crippen LogP contribution in [0.1, 0.15) is 30.4 Å². The molecule has 156 valence electrons. The minimum absolute atomic E-state index is 0.121. The molecule has 0 aliphatic carbocycles. The second-order valence-corrected chi connectivity index (χ2v) is 8.74. The van der Waals surface area contributed by atoms with Crippen LogP contribution in [0.3, 0.4) is 0 Å². The Morgan fingerprint density at radius 2 is 2.19 bits per heavy atom. The monoisotopic (exact) mass is 432 g/mol. The number of fused-ring (bicyclic) bond motifs is 2. The van der Waals surface area contributed by atoms with Crippen molar-refractivity contribution in [3.63, 3.8) is 0 Å². The van der Waals surface area contributed by atoms with E-state index in [1.807, 2.05) is 41.9 Å². The van der Waals surface area contributed by atoms with Crippen molar-refractivity contribution in [2.24, 2.45) is 0 Å². The van der Waals surface area contributed by atoms with Crippen molar-refractivity contribution in [3.05, 3.63) is 70.2 Å². The Kier molecular flexibility index (Phi) is 4.43. The highest BCUT2D eigenvalue weighted by molar-refractivity contribution is 7.17. The smallest absolute Gasteiger partial charge is 0.260 e. The van der Waals surface area contributed by atoms with Gasteiger partial charge < -0.3 is 9.40 Å². The Balaban J connectivity index is 1.26. The number of nitrogens with zero attached hydrogens (tertiary/aromatic N) is 5. The first kappa shape index (κ1) is 18.5. The van der Waals surface area contributed by atoms with Crippen LogP contribution in [0, 0.1) is 0 Å². The van der Waals surface area contributed by atoms with Gasteiger partial charge in [-0.3, -0.25) is 14.1 Å². The van der Waals surface area contributed by atoms with Crippen LogP contribution in [0.15, 0.2) is 57.4 Å². The highest BCUT2D eigenvalue weighted by Gasteiger charge is 2.26. The summed E-state index contributed by atoms with van der Waals surface area (Å²) in [5, 5.41) is 11.3. The number of piperidine rings is 1. The number of hydrogen-bond donors (Lipinski definition) is 1. The van der Waals surface area contributed by atoms with Crippen LogP contribution in [0.5, 0.6) is 0 Å². The van der Waals surface area contributed by atoms with Crippen molar-refractivity contribution in [1.29, 1.82) is 0 Å². The maximum absolute atomic E-state index is 12.8. The van der Waals surface area contributed by atoms with Gasteiger partial charge in [-0.1, -0.05) is 6.07 Å². The average molecular weight is 433 g/mol. The lowest BCUT2D eigenvalue weighted by Crippen LogP contribution is -2.35. The van der Waals surface area contributed by atoms with Crippen molar-refractivity contribution in [3.8, 4) is 11.3 Å². The summed E-state index contributed by atoms with van der Waals surface area (Å²) in [6.45, 7) is 2.43. The third kappa shape index (κ3) is 3.26. The maximum atomic E-state index is 12.8. The summed E-state index contributed by atoms with van der Waals surface area (Å²) in [6, 6.07) is 9.62. The molecular formula is C22H20N6O2S. The minimum Gasteiger partial charge on any atom is -0.464 e. The third-order valence-electron chi connectivity index (χ3n) is 5.86. The summed E-state index contributed by atoms with van der Waals surface area (Å²) >= 11 is 1.47. The van der Waals surface area contributed by atoms with E-state index >= 15 is 0 Å². The van der Waals surface area contributed by atoms with Gasteiger partial charge in [-0.15, -0.1) is 21.5 Å². The number of hydrogen-bond acceptors (Lipinski definition) is 7. The van der Waals surface area contributed by atoms with Crippen LogP contribution < -0.4 is 5.56 Å². The number of furan rings is 1. The number of aromatic amines is 1. The molecule has 1 aliphatic rings. The van der Waals surface area contributed by atoms with Gasteiger partial charge in [0.05, 0.1) is 18.2 Å². The van der Waals surface area contributed by atoms with E-state index in [9.17, 15) is 4.79 Å². The van der Waals surface area contributed by atoms with Gasteiger partial charge in [-0.2, -0.15) is 0 Å². The molecule has 1 fully saturated rings. The molecule has 0 bridgehead atoms. The third-order valence-corrected chi connectivity index (χ3v) is 6.74. The molecule has 5 aromatic rings. The number of aromatic nitrogens is 5. The Hall–Kier alpha value is -3.30. The summed E-state index contributed by atoms with van der Waals surface area (Å²) in [4.78, 5) is 23.7. The van der Waals surface area contributed by atoms with E-state index in [4.69, 9.17) is 9.40 Å². The summed E-state index contributed by atoms with van der Waals surface area (Å²) in [5.74, 6) is 2.68. The van der Waals surface area contributed by atoms with Gasteiger partial charge >= 0.3 is 0 Å². The van der Waals surface area contributed by atoms with Crippen LogP contribution in [0.25, 0.3) is 27.2 Å². The van der Waals surface area contributed by atoms with Crippen molar-refractivity contribution in [2.45, 2.75) is 25.3 Å². The number of rotatable bonds is 4. The number of pyridine rings is 1. The average Bonchev–Trinajstić information content (AvgIpc) is 3.53. The van der Waals surface area contributed by atoms with E-state index in [0.717, 1.165) is 47.8 Å². The summed E-state index contributed by atoms with van der Waals surface area (Å²) in [6.07, 6.45) is 5.78. The van der Waals surface area contributed by atoms with E-state index in [0.29, 0.717) is 29.4 Å². The van der Waals surface area contributed by atoms with E-state index in [-0.39, 0.29) is 5.56 Å². The minimum atomic E-state index is -0.121. The number of likely N-dealkylation sites (tertiary alicyclic amines) is 1. The van der Waals surface area contributed by atoms with Crippen molar-refractivity contribution >= 4 is 27.2 Å². The Labute approximate surface area is 181 Å². The lowest BCUT2D eigenvalue weighted by atomic mass is 9.97. The van der Waals surface area contributed by atoms with Gasteiger partial charge in [0.1, 0.15) is 22.2 Å². The van der Waals surface area contributed by atoms with E-state index in [1.165, 1.54) is 11.3 Å². The summed E-state index contributed by atoms with van der Waals surface area (Å²) in [5.41, 5.74) is 1.54. The fourth-order valence-electron chi connectivity index (χ4n) is 4.44. The van der Waals surface area contributed by atoms with Crippen molar-refractivity contribution in [1.82, 2.24) is 29.5 Å². The standard InChI is InChI=1S/C22H20N6O2S/c29-21-19-15(16-6-4-10-30-16)13-31-22(19)24-17(23-21)12-27-8-3-5-14(11-27)20-26-25-18-7-1-2-9-28(18)20/h1-2,4,6-7,9-10,13-14H,3,5,8,11-12H2,(H,23,24,29). The topological polar surface area (TPSA) is 92.3 Å². The molecular weight excluding hydrogens is 412 g/mol. The normalized spacial score (nSPS) is 17.6. The maximum Gasteiger partial charge on any atom is 0.260 e. The van der Waals surface area contributed by atoms with Gasteiger partial charge in [-0.05, 0) is 43.7 Å². The Morgan fingerprint density at radius 1 is 1.23 bits per heavy atom. The van der Waals surface area contributed by atoms with Crippen LogP contribution in [0.2, 0.25) is 0 Å². The molecule has 1 N–H and O–H groups in total. The Bertz CT molecular complexity index is 1420. The number of H-pyrrole nitrogens is 1. The molecule has 0 amide bonds. The summed E-state index contributed by atoms with van der Waals surface area (Å²) in [7, 11) is 0. The fourth-order valence-corrected chi connectivity index (χ4v) is 5.39. The first-order chi connectivity index (χ1) is 15.3. The molecule has 0 aromatic carbocycles. The second-order valence-electron chi connectivity index (χ2n) is 7.88. The molecule has 9 heteroatoms. The molecule has 1 unspecified atom stereocenters. The lowest BCUT2D eigenvalue weighted by molar-refractivity contribution is 0.192. The molecule has 8 nitrogen and oxygen atoms in total. The van der Waals surface area contributed by atoms with E-state index < -0.39 is 0 Å². The predicted octanol–water partition coefficient (Wildman–Crippen LogP) is 3.67. The molecule has 31 heavy (non-hydrogen) atoms. The van der Waals surface area contributed by atoms with Crippen LogP contribution >= 0.6 is 11.3 Å². The highest BCUT2D eigenvalue weighted by Crippen LogP contribution is 2.31. The fraction of sp³-hybridized carbons (Fsp3) is 0.273. The molecule has 0 radical (unpaired) electrons. The van der Waals surface area contributed by atoms with Gasteiger partial charge in [-0.25, -0.2) is 4.98 Å². The zero-order chi connectivity index (χ0) is 20.8. The second kappa shape index (κ2) is 7.44. The molecule has 1 atom stereocenters. The van der Waals surface area contributed by atoms with Gasteiger partial charge in [0, 0.05) is 29.6 Å².